The van der Waals surface area contributed by atoms with Gasteiger partial charge in [-0.15, -0.1) is 0 Å². The maximum Gasteiger partial charge on any atom is 0.225 e. The van der Waals surface area contributed by atoms with E-state index in [9.17, 15) is 4.79 Å². The fourth-order valence-corrected chi connectivity index (χ4v) is 4.38. The molecule has 3 N–H and O–H groups in total. The lowest BCUT2D eigenvalue weighted by Gasteiger charge is -2.36. The molecule has 8 nitrogen and oxygen atoms in total. The van der Waals surface area contributed by atoms with E-state index in [1.165, 1.54) is 0 Å². The molecular weight excluding hydrogens is 404 g/mol. The molecule has 1 amide bonds. The van der Waals surface area contributed by atoms with Gasteiger partial charge in [0.1, 0.15) is 5.82 Å². The number of guanidine groups is 1. The van der Waals surface area contributed by atoms with Crippen LogP contribution in [0.15, 0.2) is 47.6 Å². The van der Waals surface area contributed by atoms with Crippen molar-refractivity contribution >= 4 is 23.4 Å². The van der Waals surface area contributed by atoms with Crippen LogP contribution in [0.4, 0.5) is 11.5 Å². The maximum absolute atomic E-state index is 12.0. The summed E-state index contributed by atoms with van der Waals surface area (Å²) in [6.45, 7) is 7.15. The summed E-state index contributed by atoms with van der Waals surface area (Å²) in [6, 6.07) is 12.1. The zero-order valence-corrected chi connectivity index (χ0v) is 19.0. The predicted octanol–water partition coefficient (Wildman–Crippen LogP) is 2.49. The Morgan fingerprint density at radius 3 is 2.69 bits per heavy atom. The van der Waals surface area contributed by atoms with E-state index in [0.29, 0.717) is 25.5 Å². The molecule has 8 heteroatoms. The number of pyridine rings is 1. The van der Waals surface area contributed by atoms with Crippen LogP contribution < -0.4 is 20.9 Å². The van der Waals surface area contributed by atoms with Crippen LogP contribution in [-0.4, -0.2) is 55.7 Å². The van der Waals surface area contributed by atoms with E-state index >= 15 is 0 Å². The highest BCUT2D eigenvalue weighted by Crippen LogP contribution is 2.31. The molecule has 2 aliphatic heterocycles. The first-order valence-corrected chi connectivity index (χ1v) is 11.2. The van der Waals surface area contributed by atoms with E-state index in [0.717, 1.165) is 35.7 Å². The van der Waals surface area contributed by atoms with Gasteiger partial charge in [-0.2, -0.15) is 0 Å². The summed E-state index contributed by atoms with van der Waals surface area (Å²) < 4.78 is 5.81. The molecule has 3 unspecified atom stereocenters. The number of hydrogen-bond acceptors (Lipinski definition) is 5. The standard InChI is InChI=1S/C24H32N6O2/c1-16-14-30(15-17(2)32-16)22-9-8-18(11-26-22)12-27-24(25-3)28-13-19-10-23(31)29-21-7-5-4-6-20(19)21/h4-9,11,16-17,19H,10,12-15H2,1-3H3,(H,29,31)(H2,25,27,28). The Morgan fingerprint density at radius 1 is 1.19 bits per heavy atom. The second-order valence-electron chi connectivity index (χ2n) is 8.53. The Balaban J connectivity index is 1.30. The Kier molecular flexibility index (Phi) is 6.90. The van der Waals surface area contributed by atoms with Crippen molar-refractivity contribution < 1.29 is 9.53 Å². The fraction of sp³-hybridized carbons (Fsp3) is 0.458. The number of morpholine rings is 1. The van der Waals surface area contributed by atoms with Gasteiger partial charge in [-0.1, -0.05) is 24.3 Å². The molecular formula is C24H32N6O2. The van der Waals surface area contributed by atoms with Crippen LogP contribution >= 0.6 is 0 Å². The first-order chi connectivity index (χ1) is 15.5. The van der Waals surface area contributed by atoms with Gasteiger partial charge < -0.3 is 25.6 Å². The van der Waals surface area contributed by atoms with Crippen molar-refractivity contribution in [2.45, 2.75) is 44.9 Å². The number of nitrogens with zero attached hydrogens (tertiary/aromatic N) is 3. The molecule has 170 valence electrons. The number of aliphatic imine (C=N–C) groups is 1. The van der Waals surface area contributed by atoms with Gasteiger partial charge in [0.15, 0.2) is 5.96 Å². The number of nitrogens with one attached hydrogen (secondary N) is 3. The van der Waals surface area contributed by atoms with Crippen molar-refractivity contribution in [1.29, 1.82) is 0 Å². The van der Waals surface area contributed by atoms with Crippen LogP contribution in [0.2, 0.25) is 0 Å². The van der Waals surface area contributed by atoms with E-state index in [1.54, 1.807) is 7.05 Å². The highest BCUT2D eigenvalue weighted by molar-refractivity contribution is 5.94. The van der Waals surface area contributed by atoms with Gasteiger partial charge in [-0.25, -0.2) is 4.98 Å². The molecule has 4 rings (SSSR count). The van der Waals surface area contributed by atoms with Gasteiger partial charge >= 0.3 is 0 Å². The molecule has 3 heterocycles. The third-order valence-electron chi connectivity index (χ3n) is 5.86. The summed E-state index contributed by atoms with van der Waals surface area (Å²) in [5, 5.41) is 9.64. The van der Waals surface area contributed by atoms with Crippen LogP contribution in [0.5, 0.6) is 0 Å². The summed E-state index contributed by atoms with van der Waals surface area (Å²) in [4.78, 5) is 23.3. The van der Waals surface area contributed by atoms with Crippen molar-refractivity contribution in [1.82, 2.24) is 15.6 Å². The summed E-state index contributed by atoms with van der Waals surface area (Å²) in [5.74, 6) is 1.84. The van der Waals surface area contributed by atoms with Gasteiger partial charge in [0.2, 0.25) is 5.91 Å². The highest BCUT2D eigenvalue weighted by atomic mass is 16.5. The number of aromatic nitrogens is 1. The van der Waals surface area contributed by atoms with Crippen LogP contribution in [0.3, 0.4) is 0 Å². The number of anilines is 2. The molecule has 1 aromatic heterocycles. The maximum atomic E-state index is 12.0. The molecule has 32 heavy (non-hydrogen) atoms. The van der Waals surface area contributed by atoms with Crippen molar-refractivity contribution in [2.75, 3.05) is 36.9 Å². The minimum absolute atomic E-state index is 0.0497. The SMILES string of the molecule is CN=C(NCc1ccc(N2CC(C)OC(C)C2)nc1)NCC1CC(=O)Nc2ccccc21. The Labute approximate surface area is 189 Å². The van der Waals surface area contributed by atoms with E-state index in [1.807, 2.05) is 24.4 Å². The summed E-state index contributed by atoms with van der Waals surface area (Å²) in [6.07, 6.45) is 2.78. The number of benzene rings is 1. The second-order valence-corrected chi connectivity index (χ2v) is 8.53. The summed E-state index contributed by atoms with van der Waals surface area (Å²) in [5.41, 5.74) is 3.13. The fourth-order valence-electron chi connectivity index (χ4n) is 4.38. The predicted molar refractivity (Wildman–Crippen MR) is 127 cm³/mol. The number of ether oxygens (including phenoxy) is 1. The average Bonchev–Trinajstić information content (AvgIpc) is 2.78. The zero-order chi connectivity index (χ0) is 22.5. The van der Waals surface area contributed by atoms with Crippen molar-refractivity contribution in [3.8, 4) is 0 Å². The molecule has 1 aromatic carbocycles. The molecule has 1 saturated heterocycles. The molecule has 0 saturated carbocycles. The van der Waals surface area contributed by atoms with E-state index < -0.39 is 0 Å². The zero-order valence-electron chi connectivity index (χ0n) is 19.0. The van der Waals surface area contributed by atoms with E-state index in [-0.39, 0.29) is 24.0 Å². The van der Waals surface area contributed by atoms with Crippen molar-refractivity contribution in [3.63, 3.8) is 0 Å². The smallest absolute Gasteiger partial charge is 0.225 e. The quantitative estimate of drug-likeness (QED) is 0.493. The summed E-state index contributed by atoms with van der Waals surface area (Å²) >= 11 is 0. The van der Waals surface area contributed by atoms with Crippen LogP contribution in [-0.2, 0) is 16.1 Å². The first kappa shape index (κ1) is 22.1. The number of rotatable bonds is 5. The lowest BCUT2D eigenvalue weighted by molar-refractivity contribution is -0.116. The van der Waals surface area contributed by atoms with Gasteiger partial charge in [0.25, 0.3) is 0 Å². The van der Waals surface area contributed by atoms with Crippen LogP contribution in [0.1, 0.15) is 37.3 Å². The first-order valence-electron chi connectivity index (χ1n) is 11.2. The number of para-hydroxylation sites is 1. The largest absolute Gasteiger partial charge is 0.372 e. The van der Waals surface area contributed by atoms with Gasteiger partial charge in [0, 0.05) is 57.4 Å². The number of fused-ring (bicyclic) bond motifs is 1. The third-order valence-corrected chi connectivity index (χ3v) is 5.86. The molecule has 0 bridgehead atoms. The molecule has 0 aliphatic carbocycles. The number of carbonyl (C=O) groups is 1. The minimum atomic E-state index is 0.0497. The lowest BCUT2D eigenvalue weighted by Crippen LogP contribution is -2.45. The number of amides is 1. The van der Waals surface area contributed by atoms with Crippen molar-refractivity contribution in [2.24, 2.45) is 4.99 Å². The van der Waals surface area contributed by atoms with E-state index in [2.05, 4.69) is 62.9 Å². The normalized spacial score (nSPS) is 23.3. The van der Waals surface area contributed by atoms with E-state index in [4.69, 9.17) is 4.74 Å². The Hall–Kier alpha value is -3.13. The number of carbonyl (C=O) groups excluding carboxylic acids is 1. The molecule has 2 aliphatic rings. The molecule has 1 fully saturated rings. The highest BCUT2D eigenvalue weighted by Gasteiger charge is 2.25. The van der Waals surface area contributed by atoms with Crippen LogP contribution in [0.25, 0.3) is 0 Å². The topological polar surface area (TPSA) is 90.9 Å². The van der Waals surface area contributed by atoms with Crippen LogP contribution in [0, 0.1) is 0 Å². The van der Waals surface area contributed by atoms with Crippen molar-refractivity contribution in [3.05, 3.63) is 53.7 Å². The third kappa shape index (κ3) is 5.37. The molecule has 0 spiro atoms. The second kappa shape index (κ2) is 9.99. The van der Waals surface area contributed by atoms with Gasteiger partial charge in [0.05, 0.1) is 12.2 Å². The summed E-state index contributed by atoms with van der Waals surface area (Å²) in [7, 11) is 1.75. The van der Waals surface area contributed by atoms with Gasteiger partial charge in [-0.3, -0.25) is 9.79 Å². The monoisotopic (exact) mass is 436 g/mol. The average molecular weight is 437 g/mol. The molecule has 0 radical (unpaired) electrons. The molecule has 2 aromatic rings. The lowest BCUT2D eigenvalue weighted by atomic mass is 9.90. The number of hydrogen-bond donors (Lipinski definition) is 3. The Morgan fingerprint density at radius 2 is 1.97 bits per heavy atom. The van der Waals surface area contributed by atoms with Gasteiger partial charge in [-0.05, 0) is 37.1 Å². The minimum Gasteiger partial charge on any atom is -0.372 e. The molecule has 3 atom stereocenters. The Bertz CT molecular complexity index is 951.